The Kier molecular flexibility index (Phi) is 17.8. The molecular weight excluding hydrogens is 945 g/mol. The summed E-state index contributed by atoms with van der Waals surface area (Å²) in [5.74, 6) is -8.98. The molecule has 4 unspecified atom stereocenters. The minimum absolute atomic E-state index is 0.00905. The number of rotatable bonds is 20. The number of carbonyl (C=O) groups is 8. The first kappa shape index (κ1) is 55.2. The Labute approximate surface area is 414 Å². The summed E-state index contributed by atoms with van der Waals surface area (Å²) in [7, 11) is 1.27. The Hall–Kier alpha value is -6.08. The zero-order valence-corrected chi connectivity index (χ0v) is 40.6. The van der Waals surface area contributed by atoms with Crippen molar-refractivity contribution in [2.45, 2.75) is 152 Å². The number of phenols is 2. The van der Waals surface area contributed by atoms with Crippen LogP contribution < -0.4 is 37.5 Å². The Bertz CT molecular complexity index is 2440. The summed E-state index contributed by atoms with van der Waals surface area (Å²) >= 11 is 0. The van der Waals surface area contributed by atoms with Crippen LogP contribution >= 0.6 is 0 Å². The fourth-order valence-corrected chi connectivity index (χ4v) is 10.1. The maximum atomic E-state index is 14.1. The molecule has 1 saturated carbocycles. The number of aliphatic hydroxyl groups excluding tert-OH is 3. The molecule has 2 aromatic carbocycles. The summed E-state index contributed by atoms with van der Waals surface area (Å²) < 4.78 is 17.6. The molecule has 1 saturated heterocycles. The largest absolute Gasteiger partial charge is 0.507 e. The second-order valence-electron chi connectivity index (χ2n) is 19.5. The minimum atomic E-state index is -2.45. The van der Waals surface area contributed by atoms with Crippen LogP contribution in [0.5, 0.6) is 17.2 Å². The summed E-state index contributed by atoms with van der Waals surface area (Å²) in [6.45, 7) is 2.85. The van der Waals surface area contributed by atoms with E-state index < -0.39 is 156 Å². The molecule has 72 heavy (non-hydrogen) atoms. The number of fused-ring (bicyclic) bond motifs is 3. The molecule has 5 amide bonds. The van der Waals surface area contributed by atoms with Gasteiger partial charge in [-0.15, -0.1) is 0 Å². The van der Waals surface area contributed by atoms with Crippen LogP contribution in [0.3, 0.4) is 0 Å². The molecule has 2 aromatic rings. The van der Waals surface area contributed by atoms with Gasteiger partial charge in [0.15, 0.2) is 17.9 Å². The van der Waals surface area contributed by atoms with Gasteiger partial charge < -0.3 is 77.6 Å². The molecule has 23 nitrogen and oxygen atoms in total. The number of carbonyl (C=O) groups excluding carboxylic acids is 8. The molecule has 1 aliphatic heterocycles. The predicted octanol–water partition coefficient (Wildman–Crippen LogP) is -1.18. The van der Waals surface area contributed by atoms with Gasteiger partial charge in [-0.3, -0.25) is 38.4 Å². The van der Waals surface area contributed by atoms with Gasteiger partial charge in [0.25, 0.3) is 0 Å². The number of aromatic hydroxyl groups is 2. The Morgan fingerprint density at radius 3 is 2.14 bits per heavy atom. The number of hydrogen-bond acceptors (Lipinski definition) is 18. The molecule has 14 N–H and O–H groups in total. The number of phenolic OH excluding ortho intramolecular Hbond substituents is 2. The van der Waals surface area contributed by atoms with Crippen LogP contribution in [0, 0.1) is 11.8 Å². The predicted molar refractivity (Wildman–Crippen MR) is 251 cm³/mol. The third-order valence-electron chi connectivity index (χ3n) is 14.0. The van der Waals surface area contributed by atoms with Gasteiger partial charge in [0.2, 0.25) is 35.3 Å². The minimum Gasteiger partial charge on any atom is -0.507 e. The van der Waals surface area contributed by atoms with Gasteiger partial charge in [-0.2, -0.15) is 0 Å². The Morgan fingerprint density at radius 2 is 1.51 bits per heavy atom. The van der Waals surface area contributed by atoms with E-state index in [4.69, 9.17) is 25.7 Å². The zero-order chi connectivity index (χ0) is 52.9. The molecule has 0 bridgehead atoms. The Balaban J connectivity index is 1.21. The standard InChI is InChI=1S/C49H66N6O17/c1-21(2)15-28(54-47(67)29(19-56)55-45(65)26(13-14-33(50)59)52-48(68)39(51)23-9-6-5-7-10-23)46(66)53-27-16-34(71-22(3)40(27)60)72-31-18-49(69,32(58)20-57)17-25-36(31)44(64)38-37(42(25)62)41(61)24-11-8-12-30(70-4)35(24)43(38)63/h8,11-12,21-23,26-29,31,34,39-40,56-57,60,62,64,69H,5-7,9-10,13-20,51H2,1-4H3,(H2,50,59)(H,52,68)(H,53,66)(H,54,67)(H,55,65)/t22?,26-,27?,28-,29-,31-,34?,39-,40?,49-/m0/s1. The highest BCUT2D eigenvalue weighted by molar-refractivity contribution is 6.31. The van der Waals surface area contributed by atoms with Crippen molar-refractivity contribution in [3.63, 3.8) is 0 Å². The van der Waals surface area contributed by atoms with E-state index in [-0.39, 0.29) is 65.5 Å². The van der Waals surface area contributed by atoms with Gasteiger partial charge in [-0.25, -0.2) is 0 Å². The maximum absolute atomic E-state index is 14.1. The Morgan fingerprint density at radius 1 is 0.875 bits per heavy atom. The van der Waals surface area contributed by atoms with Gasteiger partial charge in [-0.1, -0.05) is 45.2 Å². The van der Waals surface area contributed by atoms with Crippen LogP contribution in [-0.2, 0) is 44.7 Å². The van der Waals surface area contributed by atoms with E-state index >= 15 is 0 Å². The number of methoxy groups -OCH3 is 1. The van der Waals surface area contributed by atoms with E-state index in [1.165, 1.54) is 32.2 Å². The number of hydrogen-bond donors (Lipinski definition) is 12. The van der Waals surface area contributed by atoms with Crippen LogP contribution in [0.1, 0.15) is 134 Å². The smallest absolute Gasteiger partial charge is 0.245 e. The molecule has 6 rings (SSSR count). The monoisotopic (exact) mass is 1010 g/mol. The third kappa shape index (κ3) is 11.7. The van der Waals surface area contributed by atoms with Gasteiger partial charge in [0.05, 0.1) is 54.7 Å². The van der Waals surface area contributed by atoms with E-state index in [0.717, 1.165) is 32.1 Å². The van der Waals surface area contributed by atoms with Crippen molar-refractivity contribution in [2.24, 2.45) is 23.3 Å². The first-order valence-electron chi connectivity index (χ1n) is 24.1. The number of Topliss-reactive ketones (excluding diaryl/α,β-unsaturated/α-hetero) is 1. The molecular formula is C49H66N6O17. The average molecular weight is 1010 g/mol. The molecule has 10 atom stereocenters. The number of nitrogens with one attached hydrogen (secondary N) is 4. The molecule has 3 aliphatic carbocycles. The molecule has 23 heteroatoms. The van der Waals surface area contributed by atoms with E-state index in [2.05, 4.69) is 21.3 Å². The second-order valence-corrected chi connectivity index (χ2v) is 19.5. The highest BCUT2D eigenvalue weighted by Gasteiger charge is 2.51. The van der Waals surface area contributed by atoms with Crippen LogP contribution in [0.15, 0.2) is 18.2 Å². The maximum Gasteiger partial charge on any atom is 0.245 e. The number of nitrogens with two attached hydrogens (primary N) is 2. The van der Waals surface area contributed by atoms with Gasteiger partial charge >= 0.3 is 0 Å². The number of benzene rings is 2. The zero-order valence-electron chi connectivity index (χ0n) is 40.6. The van der Waals surface area contributed by atoms with Gasteiger partial charge in [0, 0.05) is 42.4 Å². The SMILES string of the molecule is COc1cccc2c1C(=O)c1c(O)c3c(c(O)c1C2=O)C[C@@](O)(C(=O)CO)C[C@@H]3OC1CC(NC(=O)[C@H](CC(C)C)NC(=O)[C@H](CO)NC(=O)[C@H](CCC(N)=O)NC(=O)[C@@H](N)C2CCCCC2)C(O)C(C)O1. The fraction of sp³-hybridized carbons (Fsp3) is 0.592. The lowest BCUT2D eigenvalue weighted by atomic mass is 9.72. The molecule has 4 aliphatic rings. The first-order chi connectivity index (χ1) is 34.0. The van der Waals surface area contributed by atoms with Crippen LogP contribution in [-0.4, -0.2) is 152 Å². The lowest BCUT2D eigenvalue weighted by Crippen LogP contribution is -2.61. The van der Waals surface area contributed by atoms with Crippen molar-refractivity contribution in [3.8, 4) is 17.2 Å². The van der Waals surface area contributed by atoms with E-state index in [0.29, 0.717) is 0 Å². The number of ketones is 3. The van der Waals surface area contributed by atoms with Gasteiger partial charge in [-0.05, 0) is 50.5 Å². The molecule has 0 radical (unpaired) electrons. The van der Waals surface area contributed by atoms with E-state index in [9.17, 15) is 69.0 Å². The summed E-state index contributed by atoms with van der Waals surface area (Å²) in [5, 5.41) is 77.0. The van der Waals surface area contributed by atoms with Crippen molar-refractivity contribution in [1.29, 1.82) is 0 Å². The van der Waals surface area contributed by atoms with Crippen LogP contribution in [0.25, 0.3) is 0 Å². The fourth-order valence-electron chi connectivity index (χ4n) is 10.1. The molecule has 0 spiro atoms. The first-order valence-corrected chi connectivity index (χ1v) is 24.1. The van der Waals surface area contributed by atoms with Gasteiger partial charge in [0.1, 0.15) is 53.7 Å². The quantitative estimate of drug-likeness (QED) is 0.0593. The van der Waals surface area contributed by atoms with E-state index in [1.54, 1.807) is 13.8 Å². The lowest BCUT2D eigenvalue weighted by molar-refractivity contribution is -0.249. The second kappa shape index (κ2) is 23.2. The summed E-state index contributed by atoms with van der Waals surface area (Å²) in [6.07, 6.45) is -3.58. The average Bonchev–Trinajstić information content (AvgIpc) is 3.34. The number of ether oxygens (including phenoxy) is 3. The highest BCUT2D eigenvalue weighted by Crippen LogP contribution is 2.52. The molecule has 394 valence electrons. The highest BCUT2D eigenvalue weighted by atomic mass is 16.7. The normalized spacial score (nSPS) is 24.6. The third-order valence-corrected chi connectivity index (χ3v) is 14.0. The van der Waals surface area contributed by atoms with Crippen molar-refractivity contribution < 1.29 is 83.2 Å². The molecule has 2 fully saturated rings. The molecule has 0 aromatic heterocycles. The number of aliphatic hydroxyl groups is 4. The lowest BCUT2D eigenvalue weighted by Gasteiger charge is -2.43. The van der Waals surface area contributed by atoms with E-state index in [1.807, 2.05) is 0 Å². The summed E-state index contributed by atoms with van der Waals surface area (Å²) in [4.78, 5) is 107. The topological polar surface area (TPSA) is 386 Å². The molecule has 1 heterocycles. The van der Waals surface area contributed by atoms with Crippen molar-refractivity contribution in [1.82, 2.24) is 21.3 Å². The van der Waals surface area contributed by atoms with Crippen molar-refractivity contribution >= 4 is 46.9 Å². The van der Waals surface area contributed by atoms with Crippen molar-refractivity contribution in [2.75, 3.05) is 20.3 Å². The number of amides is 5. The number of primary amides is 1. The summed E-state index contributed by atoms with van der Waals surface area (Å²) in [5.41, 5.74) is 7.01. The summed E-state index contributed by atoms with van der Waals surface area (Å²) in [6, 6.07) is -2.30. The van der Waals surface area contributed by atoms with Crippen molar-refractivity contribution in [3.05, 3.63) is 51.6 Å². The van der Waals surface area contributed by atoms with Crippen LogP contribution in [0.4, 0.5) is 0 Å². The van der Waals surface area contributed by atoms with Crippen LogP contribution in [0.2, 0.25) is 0 Å².